The zero-order chi connectivity index (χ0) is 11.5. The molecule has 2 rings (SSSR count). The maximum Gasteiger partial charge on any atom is 0.163 e. The Balaban J connectivity index is 2.03. The van der Waals surface area contributed by atoms with E-state index in [9.17, 15) is 4.79 Å². The van der Waals surface area contributed by atoms with Crippen LogP contribution in [0.5, 0.6) is 0 Å². The van der Waals surface area contributed by atoms with Gasteiger partial charge in [0.2, 0.25) is 0 Å². The SMILES string of the molecule is CC(=O)c1cc(CN2CCOCC2)oc1C. The third-order valence-electron chi connectivity index (χ3n) is 2.83. The van der Waals surface area contributed by atoms with Crippen LogP contribution in [-0.4, -0.2) is 37.0 Å². The molecule has 16 heavy (non-hydrogen) atoms. The van der Waals surface area contributed by atoms with Crippen LogP contribution < -0.4 is 0 Å². The average Bonchev–Trinajstić information content (AvgIpc) is 2.61. The van der Waals surface area contributed by atoms with E-state index in [0.717, 1.165) is 44.4 Å². The van der Waals surface area contributed by atoms with Gasteiger partial charge in [-0.05, 0) is 19.9 Å². The molecule has 0 aromatic carbocycles. The third kappa shape index (κ3) is 2.51. The fourth-order valence-electron chi connectivity index (χ4n) is 1.95. The summed E-state index contributed by atoms with van der Waals surface area (Å²) in [6.45, 7) is 7.57. The maximum atomic E-state index is 11.3. The van der Waals surface area contributed by atoms with Crippen LogP contribution in [0.4, 0.5) is 0 Å². The van der Waals surface area contributed by atoms with Gasteiger partial charge in [0.05, 0.1) is 25.3 Å². The Hall–Kier alpha value is -1.13. The number of aryl methyl sites for hydroxylation is 1. The van der Waals surface area contributed by atoms with Gasteiger partial charge in [-0.15, -0.1) is 0 Å². The minimum absolute atomic E-state index is 0.0643. The van der Waals surface area contributed by atoms with Crippen molar-refractivity contribution < 1.29 is 13.9 Å². The molecule has 2 heterocycles. The smallest absolute Gasteiger partial charge is 0.163 e. The summed E-state index contributed by atoms with van der Waals surface area (Å²) >= 11 is 0. The predicted molar refractivity (Wildman–Crippen MR) is 59.5 cm³/mol. The second kappa shape index (κ2) is 4.80. The summed E-state index contributed by atoms with van der Waals surface area (Å²) in [5.74, 6) is 1.65. The van der Waals surface area contributed by atoms with Crippen molar-refractivity contribution in [2.24, 2.45) is 0 Å². The molecular weight excluding hydrogens is 206 g/mol. The van der Waals surface area contributed by atoms with Gasteiger partial charge in [0.25, 0.3) is 0 Å². The number of Topliss-reactive ketones (excluding diaryl/α,β-unsaturated/α-hetero) is 1. The molecule has 1 aliphatic heterocycles. The number of morpholine rings is 1. The van der Waals surface area contributed by atoms with E-state index in [0.29, 0.717) is 5.56 Å². The Morgan fingerprint density at radius 3 is 2.69 bits per heavy atom. The van der Waals surface area contributed by atoms with Gasteiger partial charge in [0.1, 0.15) is 11.5 Å². The Labute approximate surface area is 95.2 Å². The number of hydrogen-bond donors (Lipinski definition) is 0. The van der Waals surface area contributed by atoms with Crippen LogP contribution in [-0.2, 0) is 11.3 Å². The third-order valence-corrected chi connectivity index (χ3v) is 2.83. The van der Waals surface area contributed by atoms with Gasteiger partial charge in [-0.2, -0.15) is 0 Å². The number of ether oxygens (including phenoxy) is 1. The van der Waals surface area contributed by atoms with Crippen LogP contribution in [0.3, 0.4) is 0 Å². The summed E-state index contributed by atoms with van der Waals surface area (Å²) in [5.41, 5.74) is 0.697. The van der Waals surface area contributed by atoms with Crippen molar-refractivity contribution in [3.63, 3.8) is 0 Å². The molecule has 0 amide bonds. The highest BCUT2D eigenvalue weighted by atomic mass is 16.5. The van der Waals surface area contributed by atoms with Gasteiger partial charge in [0.15, 0.2) is 5.78 Å². The molecule has 1 aromatic heterocycles. The molecule has 4 nitrogen and oxygen atoms in total. The summed E-state index contributed by atoms with van der Waals surface area (Å²) in [4.78, 5) is 13.5. The van der Waals surface area contributed by atoms with Crippen LogP contribution in [0.15, 0.2) is 10.5 Å². The summed E-state index contributed by atoms with van der Waals surface area (Å²) < 4.78 is 10.9. The van der Waals surface area contributed by atoms with E-state index >= 15 is 0 Å². The summed E-state index contributed by atoms with van der Waals surface area (Å²) in [5, 5.41) is 0. The Morgan fingerprint density at radius 2 is 2.12 bits per heavy atom. The lowest BCUT2D eigenvalue weighted by Gasteiger charge is -2.25. The van der Waals surface area contributed by atoms with E-state index < -0.39 is 0 Å². The number of nitrogens with zero attached hydrogens (tertiary/aromatic N) is 1. The zero-order valence-corrected chi connectivity index (χ0v) is 9.78. The molecule has 0 saturated carbocycles. The van der Waals surface area contributed by atoms with E-state index in [1.54, 1.807) is 6.92 Å². The molecule has 0 bridgehead atoms. The average molecular weight is 223 g/mol. The molecule has 4 heteroatoms. The van der Waals surface area contributed by atoms with E-state index in [2.05, 4.69) is 4.90 Å². The van der Waals surface area contributed by atoms with Gasteiger partial charge in [-0.25, -0.2) is 0 Å². The van der Waals surface area contributed by atoms with Gasteiger partial charge < -0.3 is 9.15 Å². The minimum atomic E-state index is 0.0643. The van der Waals surface area contributed by atoms with Crippen molar-refractivity contribution in [2.75, 3.05) is 26.3 Å². The lowest BCUT2D eigenvalue weighted by molar-refractivity contribution is 0.0312. The fraction of sp³-hybridized carbons (Fsp3) is 0.583. The number of furan rings is 1. The lowest BCUT2D eigenvalue weighted by atomic mass is 10.2. The van der Waals surface area contributed by atoms with Crippen molar-refractivity contribution in [1.29, 1.82) is 0 Å². The van der Waals surface area contributed by atoms with Gasteiger partial charge in [0, 0.05) is 13.1 Å². The highest BCUT2D eigenvalue weighted by Crippen LogP contribution is 2.17. The summed E-state index contributed by atoms with van der Waals surface area (Å²) in [7, 11) is 0. The van der Waals surface area contributed by atoms with Crippen molar-refractivity contribution in [3.05, 3.63) is 23.2 Å². The summed E-state index contributed by atoms with van der Waals surface area (Å²) in [6, 6.07) is 1.85. The Morgan fingerprint density at radius 1 is 1.44 bits per heavy atom. The first kappa shape index (κ1) is 11.4. The van der Waals surface area contributed by atoms with Crippen LogP contribution in [0, 0.1) is 6.92 Å². The van der Waals surface area contributed by atoms with Crippen molar-refractivity contribution in [2.45, 2.75) is 20.4 Å². The molecule has 1 saturated heterocycles. The molecule has 0 aliphatic carbocycles. The van der Waals surface area contributed by atoms with Crippen molar-refractivity contribution >= 4 is 5.78 Å². The number of carbonyl (C=O) groups is 1. The number of carbonyl (C=O) groups excluding carboxylic acids is 1. The van der Waals surface area contributed by atoms with E-state index in [-0.39, 0.29) is 5.78 Å². The van der Waals surface area contributed by atoms with Crippen LogP contribution in [0.2, 0.25) is 0 Å². The van der Waals surface area contributed by atoms with Crippen LogP contribution in [0.25, 0.3) is 0 Å². The van der Waals surface area contributed by atoms with Crippen molar-refractivity contribution in [1.82, 2.24) is 4.90 Å². The second-order valence-corrected chi connectivity index (χ2v) is 4.13. The molecular formula is C12H17NO3. The largest absolute Gasteiger partial charge is 0.464 e. The molecule has 0 atom stereocenters. The number of rotatable bonds is 3. The van der Waals surface area contributed by atoms with Gasteiger partial charge in [-0.3, -0.25) is 9.69 Å². The Bertz CT molecular complexity index is 378. The zero-order valence-electron chi connectivity index (χ0n) is 9.78. The Kier molecular flexibility index (Phi) is 3.41. The highest BCUT2D eigenvalue weighted by Gasteiger charge is 2.15. The molecule has 1 aromatic rings. The monoisotopic (exact) mass is 223 g/mol. The van der Waals surface area contributed by atoms with Crippen LogP contribution >= 0.6 is 0 Å². The van der Waals surface area contributed by atoms with Crippen LogP contribution in [0.1, 0.15) is 28.8 Å². The maximum absolute atomic E-state index is 11.3. The number of hydrogen-bond acceptors (Lipinski definition) is 4. The van der Waals surface area contributed by atoms with Gasteiger partial charge >= 0.3 is 0 Å². The first-order chi connectivity index (χ1) is 7.66. The molecule has 88 valence electrons. The topological polar surface area (TPSA) is 42.7 Å². The van der Waals surface area contributed by atoms with Gasteiger partial charge in [-0.1, -0.05) is 0 Å². The molecule has 1 aliphatic rings. The minimum Gasteiger partial charge on any atom is -0.464 e. The second-order valence-electron chi connectivity index (χ2n) is 4.13. The molecule has 0 N–H and O–H groups in total. The highest BCUT2D eigenvalue weighted by molar-refractivity contribution is 5.95. The van der Waals surface area contributed by atoms with E-state index in [4.69, 9.17) is 9.15 Å². The first-order valence-corrected chi connectivity index (χ1v) is 5.57. The summed E-state index contributed by atoms with van der Waals surface area (Å²) in [6.07, 6.45) is 0. The van der Waals surface area contributed by atoms with Crippen molar-refractivity contribution in [3.8, 4) is 0 Å². The number of ketones is 1. The molecule has 0 unspecified atom stereocenters. The van der Waals surface area contributed by atoms with E-state index in [1.807, 2.05) is 13.0 Å². The molecule has 1 fully saturated rings. The fourth-order valence-corrected chi connectivity index (χ4v) is 1.95. The quantitative estimate of drug-likeness (QED) is 0.730. The normalized spacial score (nSPS) is 17.6. The first-order valence-electron chi connectivity index (χ1n) is 5.57. The standard InChI is InChI=1S/C12H17NO3/c1-9(14)12-7-11(16-10(12)2)8-13-3-5-15-6-4-13/h7H,3-6,8H2,1-2H3. The predicted octanol–water partition coefficient (Wildman–Crippen LogP) is 1.62. The lowest BCUT2D eigenvalue weighted by Crippen LogP contribution is -2.35. The molecule has 0 radical (unpaired) electrons. The van der Waals surface area contributed by atoms with E-state index in [1.165, 1.54) is 0 Å². The molecule has 0 spiro atoms.